The van der Waals surface area contributed by atoms with Crippen molar-refractivity contribution in [3.63, 3.8) is 0 Å². The lowest BCUT2D eigenvalue weighted by atomic mass is 9.86. The van der Waals surface area contributed by atoms with Crippen LogP contribution in [0.25, 0.3) is 0 Å². The highest BCUT2D eigenvalue weighted by Crippen LogP contribution is 2.32. The third kappa shape index (κ3) is 14.1. The fourth-order valence-electron chi connectivity index (χ4n) is 3.09. The van der Waals surface area contributed by atoms with Crippen LogP contribution in [0.1, 0.15) is 91.4 Å². The van der Waals surface area contributed by atoms with E-state index in [1.54, 1.807) is 6.92 Å². The number of methoxy groups -OCH3 is 1. The summed E-state index contributed by atoms with van der Waals surface area (Å²) in [6.45, 7) is 7.20. The lowest BCUT2D eigenvalue weighted by molar-refractivity contribution is -0.148. The molecule has 0 amide bonds. The molecular formula is C22H40O7. The number of carbonyl (C=O) groups excluding carboxylic acids is 3. The molecule has 0 saturated heterocycles. The van der Waals surface area contributed by atoms with Crippen LogP contribution in [0.3, 0.4) is 0 Å². The van der Waals surface area contributed by atoms with Gasteiger partial charge in [-0.15, -0.1) is 0 Å². The molecule has 0 aromatic heterocycles. The first kappa shape index (κ1) is 27.4. The highest BCUT2D eigenvalue weighted by atomic mass is 16.5. The SMILES string of the molecule is CCCCOC(=O)CCC(CCCC(=O)OC)(CCCC(=O)OCC)OCCC. The summed E-state index contributed by atoms with van der Waals surface area (Å²) in [5, 5.41) is 0. The van der Waals surface area contributed by atoms with Gasteiger partial charge in [0.05, 0.1) is 25.9 Å². The van der Waals surface area contributed by atoms with E-state index in [-0.39, 0.29) is 24.3 Å². The fourth-order valence-corrected chi connectivity index (χ4v) is 3.09. The van der Waals surface area contributed by atoms with Gasteiger partial charge in [-0.3, -0.25) is 14.4 Å². The van der Waals surface area contributed by atoms with Crippen LogP contribution in [0.4, 0.5) is 0 Å². The molecule has 0 N–H and O–H groups in total. The Labute approximate surface area is 175 Å². The van der Waals surface area contributed by atoms with Crippen molar-refractivity contribution in [3.8, 4) is 0 Å². The molecule has 0 aliphatic rings. The van der Waals surface area contributed by atoms with Crippen molar-refractivity contribution in [2.45, 2.75) is 97.0 Å². The zero-order valence-corrected chi connectivity index (χ0v) is 18.8. The third-order valence-electron chi connectivity index (χ3n) is 4.72. The molecule has 0 aliphatic carbocycles. The van der Waals surface area contributed by atoms with E-state index in [9.17, 15) is 14.4 Å². The number of hydrogen-bond donors (Lipinski definition) is 0. The number of rotatable bonds is 18. The number of esters is 3. The van der Waals surface area contributed by atoms with E-state index in [0.717, 1.165) is 19.3 Å². The smallest absolute Gasteiger partial charge is 0.305 e. The van der Waals surface area contributed by atoms with E-state index in [4.69, 9.17) is 18.9 Å². The van der Waals surface area contributed by atoms with Crippen molar-refractivity contribution in [1.82, 2.24) is 0 Å². The monoisotopic (exact) mass is 416 g/mol. The summed E-state index contributed by atoms with van der Waals surface area (Å²) < 4.78 is 21.2. The van der Waals surface area contributed by atoms with E-state index >= 15 is 0 Å². The van der Waals surface area contributed by atoms with E-state index in [1.165, 1.54) is 7.11 Å². The van der Waals surface area contributed by atoms with Gasteiger partial charge in [0.15, 0.2) is 0 Å². The Bertz CT molecular complexity index is 464. The van der Waals surface area contributed by atoms with Crippen LogP contribution in [-0.4, -0.2) is 50.4 Å². The van der Waals surface area contributed by atoms with Gasteiger partial charge in [0.2, 0.25) is 0 Å². The second-order valence-corrected chi connectivity index (χ2v) is 7.19. The summed E-state index contributed by atoms with van der Waals surface area (Å²) in [4.78, 5) is 35.3. The van der Waals surface area contributed by atoms with Gasteiger partial charge in [0.25, 0.3) is 0 Å². The van der Waals surface area contributed by atoms with Crippen molar-refractivity contribution in [2.24, 2.45) is 0 Å². The minimum absolute atomic E-state index is 0.231. The van der Waals surface area contributed by atoms with Crippen LogP contribution in [0.2, 0.25) is 0 Å². The molecule has 0 bridgehead atoms. The van der Waals surface area contributed by atoms with Crippen LogP contribution in [0.5, 0.6) is 0 Å². The Balaban J connectivity index is 4.97. The van der Waals surface area contributed by atoms with Crippen molar-refractivity contribution in [2.75, 3.05) is 26.9 Å². The second kappa shape index (κ2) is 17.2. The van der Waals surface area contributed by atoms with Gasteiger partial charge in [-0.1, -0.05) is 20.3 Å². The van der Waals surface area contributed by atoms with Gasteiger partial charge < -0.3 is 18.9 Å². The lowest BCUT2D eigenvalue weighted by Crippen LogP contribution is -2.34. The van der Waals surface area contributed by atoms with Crippen LogP contribution in [-0.2, 0) is 33.3 Å². The number of ether oxygens (including phenoxy) is 4. The molecule has 7 heteroatoms. The molecule has 0 heterocycles. The van der Waals surface area contributed by atoms with Crippen molar-refractivity contribution < 1.29 is 33.3 Å². The molecule has 170 valence electrons. The highest BCUT2D eigenvalue weighted by Gasteiger charge is 2.31. The molecule has 7 nitrogen and oxygen atoms in total. The Hall–Kier alpha value is -1.63. The zero-order chi connectivity index (χ0) is 22.0. The van der Waals surface area contributed by atoms with Crippen LogP contribution in [0, 0.1) is 0 Å². The Morgan fingerprint density at radius 3 is 1.86 bits per heavy atom. The molecule has 29 heavy (non-hydrogen) atoms. The van der Waals surface area contributed by atoms with Crippen LogP contribution >= 0.6 is 0 Å². The molecule has 1 atom stereocenters. The molecule has 0 fully saturated rings. The van der Waals surface area contributed by atoms with Gasteiger partial charge in [-0.25, -0.2) is 0 Å². The summed E-state index contributed by atoms with van der Waals surface area (Å²) in [7, 11) is 1.37. The maximum Gasteiger partial charge on any atom is 0.305 e. The summed E-state index contributed by atoms with van der Waals surface area (Å²) in [6.07, 6.45) is 6.47. The summed E-state index contributed by atoms with van der Waals surface area (Å²) in [5.74, 6) is -0.730. The van der Waals surface area contributed by atoms with Crippen LogP contribution in [0.15, 0.2) is 0 Å². The second-order valence-electron chi connectivity index (χ2n) is 7.19. The molecule has 0 spiro atoms. The first-order chi connectivity index (χ1) is 13.9. The van der Waals surface area contributed by atoms with Crippen molar-refractivity contribution in [3.05, 3.63) is 0 Å². The van der Waals surface area contributed by atoms with E-state index < -0.39 is 5.60 Å². The van der Waals surface area contributed by atoms with E-state index in [2.05, 4.69) is 0 Å². The van der Waals surface area contributed by atoms with E-state index in [1.807, 2.05) is 13.8 Å². The number of hydrogen-bond acceptors (Lipinski definition) is 7. The Morgan fingerprint density at radius 2 is 1.31 bits per heavy atom. The quantitative estimate of drug-likeness (QED) is 0.186. The number of unbranched alkanes of at least 4 members (excludes halogenated alkanes) is 1. The topological polar surface area (TPSA) is 88.1 Å². The largest absolute Gasteiger partial charge is 0.469 e. The Morgan fingerprint density at radius 1 is 0.690 bits per heavy atom. The predicted molar refractivity (Wildman–Crippen MR) is 110 cm³/mol. The fraction of sp³-hybridized carbons (Fsp3) is 0.864. The van der Waals surface area contributed by atoms with Gasteiger partial charge in [-0.05, 0) is 51.9 Å². The van der Waals surface area contributed by atoms with Crippen molar-refractivity contribution >= 4 is 17.9 Å². The summed E-state index contributed by atoms with van der Waals surface area (Å²) in [5.41, 5.74) is -0.569. The van der Waals surface area contributed by atoms with Gasteiger partial charge in [0.1, 0.15) is 0 Å². The Kier molecular flexibility index (Phi) is 16.3. The highest BCUT2D eigenvalue weighted by molar-refractivity contribution is 5.70. The summed E-state index contributed by atoms with van der Waals surface area (Å²) >= 11 is 0. The maximum absolute atomic E-state index is 12.1. The van der Waals surface area contributed by atoms with Crippen molar-refractivity contribution in [1.29, 1.82) is 0 Å². The average Bonchev–Trinajstić information content (AvgIpc) is 2.70. The predicted octanol–water partition coefficient (Wildman–Crippen LogP) is 4.35. The zero-order valence-electron chi connectivity index (χ0n) is 18.8. The minimum Gasteiger partial charge on any atom is -0.469 e. The molecular weight excluding hydrogens is 376 g/mol. The van der Waals surface area contributed by atoms with Gasteiger partial charge in [0, 0.05) is 25.9 Å². The first-order valence-corrected chi connectivity index (χ1v) is 10.9. The molecule has 0 aliphatic heterocycles. The molecule has 0 saturated carbocycles. The first-order valence-electron chi connectivity index (χ1n) is 10.9. The average molecular weight is 417 g/mol. The van der Waals surface area contributed by atoms with Gasteiger partial charge in [-0.2, -0.15) is 0 Å². The van der Waals surface area contributed by atoms with Crippen LogP contribution < -0.4 is 0 Å². The van der Waals surface area contributed by atoms with E-state index in [0.29, 0.717) is 64.8 Å². The summed E-state index contributed by atoms with van der Waals surface area (Å²) in [6, 6.07) is 0. The minimum atomic E-state index is -0.569. The normalized spacial score (nSPS) is 12.8. The molecule has 0 radical (unpaired) electrons. The molecule has 0 rings (SSSR count). The maximum atomic E-state index is 12.1. The number of carbonyl (C=O) groups is 3. The molecule has 0 aromatic rings. The van der Waals surface area contributed by atoms with Gasteiger partial charge >= 0.3 is 17.9 Å². The lowest BCUT2D eigenvalue weighted by Gasteiger charge is -2.34. The third-order valence-corrected chi connectivity index (χ3v) is 4.72. The standard InChI is InChI=1S/C22H40O7/c1-5-8-18-28-21(25)13-16-22(29-17-6-2,14-9-11-19(23)26-4)15-10-12-20(24)27-7-3/h5-18H2,1-4H3. The molecule has 0 aromatic carbocycles. The molecule has 1 unspecified atom stereocenters.